The zero-order valence-corrected chi connectivity index (χ0v) is 8.81. The molecule has 0 saturated carbocycles. The molecule has 0 aromatic rings. The number of hydrogen-bond acceptors (Lipinski definition) is 4. The summed E-state index contributed by atoms with van der Waals surface area (Å²) in [4.78, 5) is 11.0. The molecule has 5 heteroatoms. The van der Waals surface area contributed by atoms with Gasteiger partial charge < -0.3 is 19.9 Å². The Bertz CT molecular complexity index is 246. The summed E-state index contributed by atoms with van der Waals surface area (Å²) in [6.07, 6.45) is 1.32. The van der Waals surface area contributed by atoms with Gasteiger partial charge in [-0.15, -0.1) is 0 Å². The molecule has 0 spiro atoms. The number of carbonyl (C=O) groups excluding carboxylic acids is 1. The maximum atomic E-state index is 11.0. The molecule has 4 atom stereocenters. The van der Waals surface area contributed by atoms with Crippen molar-refractivity contribution < 1.29 is 19.4 Å². The third-order valence-electron chi connectivity index (χ3n) is 3.01. The van der Waals surface area contributed by atoms with E-state index < -0.39 is 12.2 Å². The molecule has 0 radical (unpaired) electrons. The van der Waals surface area contributed by atoms with Gasteiger partial charge in [-0.1, -0.05) is 19.8 Å². The summed E-state index contributed by atoms with van der Waals surface area (Å²) in [7, 11) is 0. The zero-order valence-electron chi connectivity index (χ0n) is 8.81. The number of aliphatic hydroxyl groups is 1. The molecular weight excluding hydrogens is 198 g/mol. The van der Waals surface area contributed by atoms with Crippen LogP contribution in [0.15, 0.2) is 0 Å². The molecule has 0 bridgehead atoms. The van der Waals surface area contributed by atoms with Crippen molar-refractivity contribution in [2.45, 2.75) is 50.5 Å². The summed E-state index contributed by atoms with van der Waals surface area (Å²) in [6, 6.07) is -0.298. The second-order valence-electron chi connectivity index (χ2n) is 4.12. The van der Waals surface area contributed by atoms with E-state index in [1.807, 2.05) is 0 Å². The molecule has 2 aliphatic heterocycles. The summed E-state index contributed by atoms with van der Waals surface area (Å²) in [5.74, 6) is 0. The molecule has 1 amide bonds. The van der Waals surface area contributed by atoms with E-state index in [2.05, 4.69) is 12.2 Å². The van der Waals surface area contributed by atoms with Gasteiger partial charge in [0.1, 0.15) is 12.2 Å². The third-order valence-corrected chi connectivity index (χ3v) is 3.01. The molecule has 2 aliphatic rings. The molecule has 15 heavy (non-hydrogen) atoms. The minimum absolute atomic E-state index is 0.173. The first-order valence-electron chi connectivity index (χ1n) is 5.49. The lowest BCUT2D eigenvalue weighted by Crippen LogP contribution is -2.55. The van der Waals surface area contributed by atoms with Gasteiger partial charge in [0.2, 0.25) is 0 Å². The highest BCUT2D eigenvalue weighted by atomic mass is 16.6. The van der Waals surface area contributed by atoms with Gasteiger partial charge >= 0.3 is 6.09 Å². The highest BCUT2D eigenvalue weighted by Gasteiger charge is 2.46. The van der Waals surface area contributed by atoms with E-state index in [4.69, 9.17) is 9.47 Å². The van der Waals surface area contributed by atoms with E-state index in [1.165, 1.54) is 0 Å². The van der Waals surface area contributed by atoms with Gasteiger partial charge in [0.15, 0.2) is 0 Å². The second-order valence-corrected chi connectivity index (χ2v) is 4.12. The fourth-order valence-electron chi connectivity index (χ4n) is 2.12. The van der Waals surface area contributed by atoms with Gasteiger partial charge in [0.25, 0.3) is 0 Å². The topological polar surface area (TPSA) is 67.8 Å². The normalized spacial score (nSPS) is 39.5. The molecule has 0 aromatic heterocycles. The minimum atomic E-state index is -0.651. The number of ether oxygens (including phenoxy) is 2. The largest absolute Gasteiger partial charge is 0.441 e. The first kappa shape index (κ1) is 10.7. The molecule has 2 fully saturated rings. The number of amides is 1. The summed E-state index contributed by atoms with van der Waals surface area (Å²) < 4.78 is 10.4. The number of aliphatic hydroxyl groups excluding tert-OH is 1. The third kappa shape index (κ3) is 2.08. The zero-order chi connectivity index (χ0) is 10.8. The summed E-state index contributed by atoms with van der Waals surface area (Å²) in [5.41, 5.74) is 0. The van der Waals surface area contributed by atoms with Crippen LogP contribution in [0, 0.1) is 0 Å². The van der Waals surface area contributed by atoms with Crippen LogP contribution in [0.4, 0.5) is 4.79 Å². The SMILES string of the molecule is CCCC[C@@H]1OC[C@H]2OC(=O)N[C@H]2[C@H]1O. The number of fused-ring (bicyclic) bond motifs is 1. The quantitative estimate of drug-likeness (QED) is 0.715. The van der Waals surface area contributed by atoms with Crippen molar-refractivity contribution >= 4 is 6.09 Å². The molecule has 0 unspecified atom stereocenters. The van der Waals surface area contributed by atoms with Crippen molar-refractivity contribution in [1.29, 1.82) is 0 Å². The molecule has 2 rings (SSSR count). The highest BCUT2D eigenvalue weighted by Crippen LogP contribution is 2.24. The lowest BCUT2D eigenvalue weighted by atomic mass is 9.95. The molecule has 2 saturated heterocycles. The Morgan fingerprint density at radius 2 is 2.40 bits per heavy atom. The number of unbranched alkanes of at least 4 members (excludes halogenated alkanes) is 1. The first-order valence-corrected chi connectivity index (χ1v) is 5.49. The van der Waals surface area contributed by atoms with E-state index in [0.29, 0.717) is 6.61 Å². The fourth-order valence-corrected chi connectivity index (χ4v) is 2.12. The van der Waals surface area contributed by atoms with Crippen molar-refractivity contribution in [2.75, 3.05) is 6.61 Å². The monoisotopic (exact) mass is 215 g/mol. The van der Waals surface area contributed by atoms with Gasteiger partial charge in [-0.25, -0.2) is 4.79 Å². The first-order chi connectivity index (χ1) is 7.22. The Balaban J connectivity index is 1.94. The van der Waals surface area contributed by atoms with Crippen LogP contribution in [0.2, 0.25) is 0 Å². The number of nitrogens with one attached hydrogen (secondary N) is 1. The van der Waals surface area contributed by atoms with Crippen LogP contribution in [0.25, 0.3) is 0 Å². The second kappa shape index (κ2) is 4.37. The molecule has 2 N–H and O–H groups in total. The van der Waals surface area contributed by atoms with Gasteiger partial charge in [-0.3, -0.25) is 0 Å². The molecule has 5 nitrogen and oxygen atoms in total. The van der Waals surface area contributed by atoms with E-state index in [-0.39, 0.29) is 18.2 Å². The van der Waals surface area contributed by atoms with Crippen LogP contribution in [0.3, 0.4) is 0 Å². The highest BCUT2D eigenvalue weighted by molar-refractivity contribution is 5.70. The minimum Gasteiger partial charge on any atom is -0.441 e. The van der Waals surface area contributed by atoms with Crippen LogP contribution in [-0.2, 0) is 9.47 Å². The Kier molecular flexibility index (Phi) is 3.11. The number of rotatable bonds is 3. The summed E-state index contributed by atoms with van der Waals surface area (Å²) >= 11 is 0. The van der Waals surface area contributed by atoms with E-state index >= 15 is 0 Å². The maximum absolute atomic E-state index is 11.0. The van der Waals surface area contributed by atoms with Gasteiger partial charge in [-0.2, -0.15) is 0 Å². The maximum Gasteiger partial charge on any atom is 0.408 e. The van der Waals surface area contributed by atoms with Crippen LogP contribution in [-0.4, -0.2) is 42.2 Å². The smallest absolute Gasteiger partial charge is 0.408 e. The molecule has 0 aromatic carbocycles. The van der Waals surface area contributed by atoms with Gasteiger partial charge in [0.05, 0.1) is 18.8 Å². The number of hydrogen-bond donors (Lipinski definition) is 2. The standard InChI is InChI=1S/C10H17NO4/c1-2-3-4-6-9(12)8-7(5-14-6)15-10(13)11-8/h6-9,12H,2-5H2,1H3,(H,11,13)/t6-,7+,8+,9-/m0/s1. The van der Waals surface area contributed by atoms with Crippen LogP contribution in [0.5, 0.6) is 0 Å². The van der Waals surface area contributed by atoms with Crippen molar-refractivity contribution in [3.05, 3.63) is 0 Å². The predicted octanol–water partition coefficient (Wildman–Crippen LogP) is 0.413. The van der Waals surface area contributed by atoms with Gasteiger partial charge in [-0.05, 0) is 6.42 Å². The lowest BCUT2D eigenvalue weighted by molar-refractivity contribution is -0.125. The lowest BCUT2D eigenvalue weighted by Gasteiger charge is -2.34. The Hall–Kier alpha value is -0.810. The average Bonchev–Trinajstić information content (AvgIpc) is 2.59. The van der Waals surface area contributed by atoms with Crippen LogP contribution >= 0.6 is 0 Å². The Morgan fingerprint density at radius 3 is 3.13 bits per heavy atom. The molecule has 0 aliphatic carbocycles. The van der Waals surface area contributed by atoms with Crippen molar-refractivity contribution in [2.24, 2.45) is 0 Å². The van der Waals surface area contributed by atoms with Crippen LogP contribution in [0.1, 0.15) is 26.2 Å². The van der Waals surface area contributed by atoms with E-state index in [0.717, 1.165) is 19.3 Å². The van der Waals surface area contributed by atoms with E-state index in [9.17, 15) is 9.90 Å². The van der Waals surface area contributed by atoms with Crippen molar-refractivity contribution in [3.63, 3.8) is 0 Å². The Labute approximate surface area is 88.7 Å². The Morgan fingerprint density at radius 1 is 1.60 bits per heavy atom. The van der Waals surface area contributed by atoms with E-state index in [1.54, 1.807) is 0 Å². The van der Waals surface area contributed by atoms with Crippen LogP contribution < -0.4 is 5.32 Å². The molecule has 2 heterocycles. The molecule has 86 valence electrons. The summed E-state index contributed by atoms with van der Waals surface area (Å²) in [6.45, 7) is 2.48. The average molecular weight is 215 g/mol. The summed E-state index contributed by atoms with van der Waals surface area (Å²) in [5, 5.41) is 12.6. The fraction of sp³-hybridized carbons (Fsp3) is 0.900. The van der Waals surface area contributed by atoms with Crippen molar-refractivity contribution in [3.8, 4) is 0 Å². The van der Waals surface area contributed by atoms with Crippen molar-refractivity contribution in [1.82, 2.24) is 5.32 Å². The predicted molar refractivity (Wildman–Crippen MR) is 52.5 cm³/mol. The number of alkyl carbamates (subject to hydrolysis) is 1. The van der Waals surface area contributed by atoms with Gasteiger partial charge in [0, 0.05) is 0 Å². The molecular formula is C10H17NO4. The number of carbonyl (C=O) groups is 1.